The number of amides is 1. The first kappa shape index (κ1) is 13.0. The zero-order chi connectivity index (χ0) is 12.0. The smallest absolute Gasteiger partial charge is 0.237 e. The minimum atomic E-state index is -0.0907. The number of terminal acetylenes is 1. The zero-order valence-electron chi connectivity index (χ0n) is 9.91. The molecule has 90 valence electrons. The predicted molar refractivity (Wildman–Crippen MR) is 64.7 cm³/mol. The van der Waals surface area contributed by atoms with Crippen molar-refractivity contribution in [3.63, 3.8) is 0 Å². The van der Waals surface area contributed by atoms with Crippen LogP contribution in [0.5, 0.6) is 0 Å². The van der Waals surface area contributed by atoms with E-state index in [1.165, 1.54) is 0 Å². The molecule has 4 heteroatoms. The monoisotopic (exact) mass is 223 g/mol. The van der Waals surface area contributed by atoms with E-state index in [0.29, 0.717) is 12.5 Å². The highest BCUT2D eigenvalue weighted by Crippen LogP contribution is 2.17. The summed E-state index contributed by atoms with van der Waals surface area (Å²) in [4.78, 5) is 13.9. The van der Waals surface area contributed by atoms with Crippen LogP contribution in [0.1, 0.15) is 19.8 Å². The van der Waals surface area contributed by atoms with E-state index in [-0.39, 0.29) is 11.9 Å². The Kier molecular flexibility index (Phi) is 5.30. The number of piperidine rings is 1. The molecule has 1 unspecified atom stereocenters. The maximum atomic E-state index is 11.7. The quantitative estimate of drug-likeness (QED) is 0.649. The summed E-state index contributed by atoms with van der Waals surface area (Å²) in [5.74, 6) is 3.05. The van der Waals surface area contributed by atoms with Crippen LogP contribution < -0.4 is 11.1 Å². The van der Waals surface area contributed by atoms with Crippen molar-refractivity contribution in [1.29, 1.82) is 0 Å². The van der Waals surface area contributed by atoms with Crippen LogP contribution in [0, 0.1) is 18.3 Å². The van der Waals surface area contributed by atoms with E-state index < -0.39 is 0 Å². The van der Waals surface area contributed by atoms with Gasteiger partial charge < -0.3 is 11.1 Å². The Morgan fingerprint density at radius 2 is 2.25 bits per heavy atom. The molecule has 1 aliphatic heterocycles. The fourth-order valence-corrected chi connectivity index (χ4v) is 2.03. The van der Waals surface area contributed by atoms with E-state index in [2.05, 4.69) is 16.1 Å². The van der Waals surface area contributed by atoms with Gasteiger partial charge in [0, 0.05) is 0 Å². The molecule has 1 atom stereocenters. The van der Waals surface area contributed by atoms with Gasteiger partial charge in [0.05, 0.1) is 12.6 Å². The second-order valence-corrected chi connectivity index (χ2v) is 4.31. The Labute approximate surface area is 97.6 Å². The SMILES string of the molecule is C#CCNC(=O)C(C)N1CCC(CN)CC1. The molecule has 1 amide bonds. The summed E-state index contributed by atoms with van der Waals surface area (Å²) >= 11 is 0. The second-order valence-electron chi connectivity index (χ2n) is 4.31. The summed E-state index contributed by atoms with van der Waals surface area (Å²) in [6.07, 6.45) is 7.27. The van der Waals surface area contributed by atoms with Crippen LogP contribution in [0.25, 0.3) is 0 Å². The molecule has 0 aromatic heterocycles. The highest BCUT2D eigenvalue weighted by atomic mass is 16.2. The summed E-state index contributed by atoms with van der Waals surface area (Å²) in [7, 11) is 0. The zero-order valence-corrected chi connectivity index (χ0v) is 9.91. The molecule has 1 heterocycles. The molecule has 3 N–H and O–H groups in total. The lowest BCUT2D eigenvalue weighted by Crippen LogP contribution is -2.48. The molecule has 0 aromatic rings. The van der Waals surface area contributed by atoms with Gasteiger partial charge in [0.2, 0.25) is 5.91 Å². The Morgan fingerprint density at radius 1 is 1.62 bits per heavy atom. The van der Waals surface area contributed by atoms with E-state index in [4.69, 9.17) is 12.2 Å². The largest absolute Gasteiger partial charge is 0.344 e. The fourth-order valence-electron chi connectivity index (χ4n) is 2.03. The van der Waals surface area contributed by atoms with E-state index in [9.17, 15) is 4.79 Å². The maximum absolute atomic E-state index is 11.7. The summed E-state index contributed by atoms with van der Waals surface area (Å²) < 4.78 is 0. The molecule has 0 bridgehead atoms. The first-order valence-corrected chi connectivity index (χ1v) is 5.84. The number of carbonyl (C=O) groups is 1. The molecule has 0 aliphatic carbocycles. The lowest BCUT2D eigenvalue weighted by atomic mass is 9.96. The third kappa shape index (κ3) is 3.51. The second kappa shape index (κ2) is 6.51. The van der Waals surface area contributed by atoms with E-state index in [0.717, 1.165) is 32.5 Å². The van der Waals surface area contributed by atoms with Crippen molar-refractivity contribution in [2.24, 2.45) is 11.7 Å². The molecule has 0 saturated carbocycles. The molecule has 1 saturated heterocycles. The van der Waals surface area contributed by atoms with Crippen LogP contribution in [-0.2, 0) is 4.79 Å². The van der Waals surface area contributed by atoms with Gasteiger partial charge in [0.25, 0.3) is 0 Å². The summed E-state index contributed by atoms with van der Waals surface area (Å²) in [6.45, 7) is 4.89. The highest BCUT2D eigenvalue weighted by molar-refractivity contribution is 5.81. The Hall–Kier alpha value is -1.05. The first-order chi connectivity index (χ1) is 7.69. The number of likely N-dealkylation sites (tertiary alicyclic amines) is 1. The lowest BCUT2D eigenvalue weighted by molar-refractivity contribution is -0.126. The van der Waals surface area contributed by atoms with Gasteiger partial charge >= 0.3 is 0 Å². The molecule has 0 aromatic carbocycles. The Morgan fingerprint density at radius 3 is 2.75 bits per heavy atom. The van der Waals surface area contributed by atoms with Gasteiger partial charge in [0.1, 0.15) is 0 Å². The molecule has 4 nitrogen and oxygen atoms in total. The number of hydrogen-bond acceptors (Lipinski definition) is 3. The summed E-state index contributed by atoms with van der Waals surface area (Å²) in [5, 5.41) is 2.71. The van der Waals surface area contributed by atoms with Gasteiger partial charge in [-0.1, -0.05) is 5.92 Å². The van der Waals surface area contributed by atoms with Gasteiger partial charge in [-0.15, -0.1) is 6.42 Å². The normalized spacial score (nSPS) is 20.1. The molecule has 1 aliphatic rings. The maximum Gasteiger partial charge on any atom is 0.237 e. The number of hydrogen-bond donors (Lipinski definition) is 2. The van der Waals surface area contributed by atoms with Crippen LogP contribution in [0.4, 0.5) is 0 Å². The third-order valence-corrected chi connectivity index (χ3v) is 3.27. The number of rotatable bonds is 4. The number of nitrogens with two attached hydrogens (primary N) is 1. The molecular formula is C12H21N3O. The number of nitrogens with one attached hydrogen (secondary N) is 1. The molecule has 16 heavy (non-hydrogen) atoms. The van der Waals surface area contributed by atoms with Crippen molar-refractivity contribution in [2.45, 2.75) is 25.8 Å². The van der Waals surface area contributed by atoms with Gasteiger partial charge in [-0.25, -0.2) is 0 Å². The minimum absolute atomic E-state index is 0.0177. The van der Waals surface area contributed by atoms with E-state index >= 15 is 0 Å². The minimum Gasteiger partial charge on any atom is -0.344 e. The molecule has 0 radical (unpaired) electrons. The van der Waals surface area contributed by atoms with Crippen molar-refractivity contribution in [1.82, 2.24) is 10.2 Å². The van der Waals surface area contributed by atoms with Crippen LogP contribution in [0.15, 0.2) is 0 Å². The Balaban J connectivity index is 2.35. The first-order valence-electron chi connectivity index (χ1n) is 5.84. The van der Waals surface area contributed by atoms with Crippen LogP contribution in [-0.4, -0.2) is 43.0 Å². The van der Waals surface area contributed by atoms with Crippen LogP contribution in [0.2, 0.25) is 0 Å². The standard InChI is InChI=1S/C12H21N3O/c1-3-6-14-12(16)10(2)15-7-4-11(9-13)5-8-15/h1,10-11H,4-9,13H2,2H3,(H,14,16). The number of carbonyl (C=O) groups excluding carboxylic acids is 1. The van der Waals surface area contributed by atoms with Crippen molar-refractivity contribution in [3.05, 3.63) is 0 Å². The van der Waals surface area contributed by atoms with Crippen LogP contribution in [0.3, 0.4) is 0 Å². The van der Waals surface area contributed by atoms with Crippen molar-refractivity contribution >= 4 is 5.91 Å². The molecular weight excluding hydrogens is 202 g/mol. The van der Waals surface area contributed by atoms with Gasteiger partial charge in [-0.3, -0.25) is 9.69 Å². The highest BCUT2D eigenvalue weighted by Gasteiger charge is 2.25. The third-order valence-electron chi connectivity index (χ3n) is 3.27. The molecule has 0 spiro atoms. The summed E-state index contributed by atoms with van der Waals surface area (Å²) in [5.41, 5.74) is 5.63. The van der Waals surface area contributed by atoms with Crippen LogP contribution >= 0.6 is 0 Å². The fraction of sp³-hybridized carbons (Fsp3) is 0.750. The molecule has 1 fully saturated rings. The topological polar surface area (TPSA) is 58.4 Å². The van der Waals surface area contributed by atoms with E-state index in [1.54, 1.807) is 0 Å². The lowest BCUT2D eigenvalue weighted by Gasteiger charge is -2.34. The van der Waals surface area contributed by atoms with Gasteiger partial charge in [-0.2, -0.15) is 0 Å². The van der Waals surface area contributed by atoms with Gasteiger partial charge in [-0.05, 0) is 45.3 Å². The summed E-state index contributed by atoms with van der Waals surface area (Å²) in [6, 6.07) is -0.0907. The van der Waals surface area contributed by atoms with Crippen molar-refractivity contribution in [2.75, 3.05) is 26.2 Å². The predicted octanol–water partition coefficient (Wildman–Crippen LogP) is -0.205. The average molecular weight is 223 g/mol. The Bertz CT molecular complexity index is 264. The average Bonchev–Trinajstić information content (AvgIpc) is 2.35. The van der Waals surface area contributed by atoms with Crippen molar-refractivity contribution in [3.8, 4) is 12.3 Å². The molecule has 1 rings (SSSR count). The van der Waals surface area contributed by atoms with E-state index in [1.807, 2.05) is 6.92 Å². The van der Waals surface area contributed by atoms with Crippen molar-refractivity contribution < 1.29 is 4.79 Å². The number of nitrogens with zero attached hydrogens (tertiary/aromatic N) is 1. The van der Waals surface area contributed by atoms with Gasteiger partial charge in [0.15, 0.2) is 0 Å².